The minimum Gasteiger partial charge on any atom is -0.394 e. The smallest absolute Gasteiger partial charge is 0.220 e. The van der Waals surface area contributed by atoms with Crippen LogP contribution in [0.1, 0.15) is 123 Å². The van der Waals surface area contributed by atoms with Gasteiger partial charge in [0.05, 0.1) is 18.8 Å². The van der Waals surface area contributed by atoms with E-state index in [2.05, 4.69) is 79.9 Å². The summed E-state index contributed by atoms with van der Waals surface area (Å²) in [5.41, 5.74) is 0. The molecule has 0 aromatic heterocycles. The highest BCUT2D eigenvalue weighted by Crippen LogP contribution is 2.10. The molecule has 0 rings (SSSR count). The minimum absolute atomic E-state index is 0.0644. The van der Waals surface area contributed by atoms with Gasteiger partial charge in [0, 0.05) is 6.42 Å². The van der Waals surface area contributed by atoms with Crippen LogP contribution >= 0.6 is 0 Å². The molecule has 0 saturated carbocycles. The summed E-state index contributed by atoms with van der Waals surface area (Å²) >= 11 is 0. The Morgan fingerprint density at radius 2 is 1.19 bits per heavy atom. The van der Waals surface area contributed by atoms with Crippen molar-refractivity contribution in [1.29, 1.82) is 0 Å². The van der Waals surface area contributed by atoms with E-state index in [4.69, 9.17) is 0 Å². The predicted molar refractivity (Wildman–Crippen MR) is 161 cm³/mol. The first-order valence-electron chi connectivity index (χ1n) is 15.0. The summed E-state index contributed by atoms with van der Waals surface area (Å²) < 4.78 is 0. The van der Waals surface area contributed by atoms with Crippen LogP contribution in [0.4, 0.5) is 0 Å². The van der Waals surface area contributed by atoms with Crippen LogP contribution in [0, 0.1) is 0 Å². The van der Waals surface area contributed by atoms with Crippen molar-refractivity contribution in [2.24, 2.45) is 0 Å². The van der Waals surface area contributed by atoms with Gasteiger partial charge in [0.2, 0.25) is 5.91 Å². The molecule has 0 spiro atoms. The molecule has 0 heterocycles. The predicted octanol–water partition coefficient (Wildman–Crippen LogP) is 8.28. The lowest BCUT2D eigenvalue weighted by molar-refractivity contribution is -0.123. The fraction of sp³-hybridized carbons (Fsp3) is 0.667. The van der Waals surface area contributed by atoms with Crippen LogP contribution in [0.5, 0.6) is 0 Å². The topological polar surface area (TPSA) is 69.6 Å². The Bertz CT molecular complexity index is 648. The molecule has 0 bridgehead atoms. The zero-order chi connectivity index (χ0) is 27.2. The Balaban J connectivity index is 3.64. The third-order valence-electron chi connectivity index (χ3n) is 6.29. The Hall–Kier alpha value is -1.91. The maximum atomic E-state index is 12.1. The second-order valence-corrected chi connectivity index (χ2v) is 9.79. The molecular weight excluding hydrogens is 458 g/mol. The zero-order valence-corrected chi connectivity index (χ0v) is 24.0. The molecule has 0 aromatic rings. The molecule has 0 fully saturated rings. The van der Waals surface area contributed by atoms with Gasteiger partial charge in [-0.1, -0.05) is 120 Å². The zero-order valence-electron chi connectivity index (χ0n) is 24.0. The van der Waals surface area contributed by atoms with Crippen molar-refractivity contribution in [1.82, 2.24) is 5.32 Å². The van der Waals surface area contributed by atoms with Gasteiger partial charge in [-0.15, -0.1) is 0 Å². The van der Waals surface area contributed by atoms with Gasteiger partial charge in [0.15, 0.2) is 0 Å². The van der Waals surface area contributed by atoms with Gasteiger partial charge in [0.1, 0.15) is 0 Å². The van der Waals surface area contributed by atoms with Gasteiger partial charge in [-0.3, -0.25) is 4.79 Å². The first kappa shape index (κ1) is 35.1. The van der Waals surface area contributed by atoms with Gasteiger partial charge in [0.25, 0.3) is 0 Å². The van der Waals surface area contributed by atoms with Crippen molar-refractivity contribution >= 4 is 5.91 Å². The molecule has 2 atom stereocenters. The van der Waals surface area contributed by atoms with Crippen molar-refractivity contribution in [2.45, 2.75) is 135 Å². The van der Waals surface area contributed by atoms with Gasteiger partial charge in [-0.2, -0.15) is 0 Å². The number of nitrogens with one attached hydrogen (secondary N) is 1. The van der Waals surface area contributed by atoms with Gasteiger partial charge in [-0.25, -0.2) is 0 Å². The Morgan fingerprint density at radius 1 is 0.676 bits per heavy atom. The van der Waals surface area contributed by atoms with Crippen LogP contribution in [0.25, 0.3) is 0 Å². The van der Waals surface area contributed by atoms with E-state index in [-0.39, 0.29) is 12.5 Å². The first-order chi connectivity index (χ1) is 18.2. The lowest BCUT2D eigenvalue weighted by Crippen LogP contribution is -2.45. The molecule has 2 unspecified atom stereocenters. The van der Waals surface area contributed by atoms with Crippen LogP contribution in [0.3, 0.4) is 0 Å². The van der Waals surface area contributed by atoms with E-state index in [1.54, 1.807) is 0 Å². The highest BCUT2D eigenvalue weighted by molar-refractivity contribution is 5.76. The summed E-state index contributed by atoms with van der Waals surface area (Å²) in [4.78, 5) is 12.1. The second kappa shape index (κ2) is 28.7. The molecule has 0 radical (unpaired) electrons. The number of amides is 1. The maximum absolute atomic E-state index is 12.1. The van der Waals surface area contributed by atoms with E-state index < -0.39 is 12.1 Å². The number of aliphatic hydroxyl groups is 2. The Morgan fingerprint density at radius 3 is 1.76 bits per heavy atom. The molecule has 1 amide bonds. The summed E-state index contributed by atoms with van der Waals surface area (Å²) in [6, 6.07) is -0.544. The lowest BCUT2D eigenvalue weighted by atomic mass is 10.0. The maximum Gasteiger partial charge on any atom is 0.220 e. The van der Waals surface area contributed by atoms with Crippen LogP contribution in [-0.4, -0.2) is 34.9 Å². The number of carbonyl (C=O) groups excluding carboxylic acids is 1. The molecule has 4 nitrogen and oxygen atoms in total. The second-order valence-electron chi connectivity index (χ2n) is 9.79. The summed E-state index contributed by atoms with van der Waals surface area (Å²) in [6.45, 7) is 4.10. The standard InChI is InChI=1S/C33H57NO3/c1-3-5-7-9-10-11-12-13-14-15-16-17-18-19-20-21-22-23-24-25-27-29-33(37)34-31(30-35)32(36)28-26-8-6-4-2/h5,7,10-11,13-14,16-17,19-20,31-32,35-36H,3-4,6,8-9,12,15,18,21-30H2,1-2H3,(H,34,37)/b7-5-,11-10-,14-13-,17-16-,20-19-. The average molecular weight is 516 g/mol. The largest absolute Gasteiger partial charge is 0.394 e. The summed E-state index contributed by atoms with van der Waals surface area (Å²) in [6.07, 6.45) is 38.7. The van der Waals surface area contributed by atoms with E-state index >= 15 is 0 Å². The Kier molecular flexibility index (Phi) is 27.2. The summed E-state index contributed by atoms with van der Waals surface area (Å²) in [5, 5.41) is 22.5. The molecule has 3 N–H and O–H groups in total. The molecule has 4 heteroatoms. The number of unbranched alkanes of at least 4 members (excludes halogenated alkanes) is 8. The van der Waals surface area contributed by atoms with Crippen LogP contribution in [0.15, 0.2) is 60.8 Å². The molecule has 37 heavy (non-hydrogen) atoms. The number of aliphatic hydroxyl groups excluding tert-OH is 2. The van der Waals surface area contributed by atoms with E-state index in [1.807, 2.05) is 0 Å². The monoisotopic (exact) mass is 515 g/mol. The number of carbonyl (C=O) groups is 1. The number of allylic oxidation sites excluding steroid dienone is 10. The normalized spacial score (nSPS) is 14.2. The molecule has 0 aromatic carbocycles. The molecule has 0 aliphatic rings. The van der Waals surface area contributed by atoms with E-state index in [0.29, 0.717) is 12.8 Å². The van der Waals surface area contributed by atoms with Crippen molar-refractivity contribution in [3.8, 4) is 0 Å². The quantitative estimate of drug-likeness (QED) is 0.0846. The van der Waals surface area contributed by atoms with Crippen LogP contribution in [-0.2, 0) is 4.79 Å². The fourth-order valence-corrected chi connectivity index (χ4v) is 3.97. The van der Waals surface area contributed by atoms with Crippen molar-refractivity contribution in [2.75, 3.05) is 6.61 Å². The summed E-state index contributed by atoms with van der Waals surface area (Å²) in [5.74, 6) is -0.0644. The van der Waals surface area contributed by atoms with Crippen LogP contribution in [0.2, 0.25) is 0 Å². The SMILES string of the molecule is CC/C=C\C/C=C\C/C=C\C/C=C\C/C=C\CCCCCCCC(=O)NC(CO)C(O)CCCCCC. The van der Waals surface area contributed by atoms with Gasteiger partial charge in [-0.05, 0) is 57.8 Å². The number of hydrogen-bond acceptors (Lipinski definition) is 3. The highest BCUT2D eigenvalue weighted by Gasteiger charge is 2.19. The average Bonchev–Trinajstić information content (AvgIpc) is 2.90. The van der Waals surface area contributed by atoms with Crippen molar-refractivity contribution < 1.29 is 15.0 Å². The van der Waals surface area contributed by atoms with Gasteiger partial charge >= 0.3 is 0 Å². The van der Waals surface area contributed by atoms with E-state index in [1.165, 1.54) is 12.8 Å². The number of hydrogen-bond donors (Lipinski definition) is 3. The third kappa shape index (κ3) is 25.5. The Labute approximate surface area is 228 Å². The third-order valence-corrected chi connectivity index (χ3v) is 6.29. The van der Waals surface area contributed by atoms with E-state index in [9.17, 15) is 15.0 Å². The highest BCUT2D eigenvalue weighted by atomic mass is 16.3. The molecule has 0 aliphatic heterocycles. The van der Waals surface area contributed by atoms with Gasteiger partial charge < -0.3 is 15.5 Å². The molecule has 0 aliphatic carbocycles. The first-order valence-corrected chi connectivity index (χ1v) is 15.0. The minimum atomic E-state index is -0.665. The number of rotatable bonds is 25. The molecular formula is C33H57NO3. The van der Waals surface area contributed by atoms with Crippen molar-refractivity contribution in [3.05, 3.63) is 60.8 Å². The fourth-order valence-electron chi connectivity index (χ4n) is 3.97. The summed E-state index contributed by atoms with van der Waals surface area (Å²) in [7, 11) is 0. The molecule has 212 valence electrons. The van der Waals surface area contributed by atoms with E-state index in [0.717, 1.165) is 83.5 Å². The lowest BCUT2D eigenvalue weighted by Gasteiger charge is -2.22. The molecule has 0 saturated heterocycles. The van der Waals surface area contributed by atoms with Crippen LogP contribution < -0.4 is 5.32 Å². The van der Waals surface area contributed by atoms with Crippen molar-refractivity contribution in [3.63, 3.8) is 0 Å².